The first-order valence-corrected chi connectivity index (χ1v) is 10.9. The number of aliphatic imine (C=N–C) groups is 1. The summed E-state index contributed by atoms with van der Waals surface area (Å²) in [5.41, 5.74) is 26.0. The van der Waals surface area contributed by atoms with Gasteiger partial charge in [-0.15, -0.1) is 0 Å². The van der Waals surface area contributed by atoms with Crippen LogP contribution < -0.4 is 28.7 Å². The second kappa shape index (κ2) is 22.7. The van der Waals surface area contributed by atoms with Crippen LogP contribution in [0.1, 0.15) is 65.2 Å². The first-order valence-electron chi connectivity index (χ1n) is 10.9. The van der Waals surface area contributed by atoms with Gasteiger partial charge in [-0.25, -0.2) is 0 Å². The van der Waals surface area contributed by atoms with Gasteiger partial charge < -0.3 is 49.1 Å². The number of hydrogen-bond acceptors (Lipinski definition) is 8. The van der Waals surface area contributed by atoms with Crippen LogP contribution in [-0.2, 0) is 14.4 Å². The first-order chi connectivity index (χ1) is 15.3. The molecule has 0 rings (SSSR count). The van der Waals surface area contributed by atoms with Crippen LogP contribution in [0.3, 0.4) is 0 Å². The fraction of sp³-hybridized carbons (Fsp3) is 0.800. The van der Waals surface area contributed by atoms with E-state index in [9.17, 15) is 14.4 Å². The number of aliphatic carboxylic acids is 3. The van der Waals surface area contributed by atoms with E-state index in [1.165, 1.54) is 0 Å². The molecule has 4 atom stereocenters. The van der Waals surface area contributed by atoms with Crippen LogP contribution in [0.5, 0.6) is 0 Å². The summed E-state index contributed by atoms with van der Waals surface area (Å²) in [6.45, 7) is 4.45. The zero-order valence-electron chi connectivity index (χ0n) is 19.7. The van der Waals surface area contributed by atoms with Crippen LogP contribution in [0.15, 0.2) is 4.99 Å². The number of nitrogens with zero attached hydrogens (tertiary/aromatic N) is 1. The van der Waals surface area contributed by atoms with Crippen LogP contribution in [0.25, 0.3) is 0 Å². The van der Waals surface area contributed by atoms with Crippen molar-refractivity contribution in [1.29, 1.82) is 0 Å². The average molecular weight is 481 g/mol. The molecule has 0 spiro atoms. The third-order valence-corrected chi connectivity index (χ3v) is 4.57. The third-order valence-electron chi connectivity index (χ3n) is 4.57. The molecule has 13 nitrogen and oxygen atoms in total. The minimum absolute atomic E-state index is 0.0579. The monoisotopic (exact) mass is 480 g/mol. The molecule has 0 aliphatic rings. The average Bonchev–Trinajstić information content (AvgIpc) is 2.75. The molecule has 14 N–H and O–H groups in total. The van der Waals surface area contributed by atoms with Crippen molar-refractivity contribution in [3.05, 3.63) is 0 Å². The van der Waals surface area contributed by atoms with Crippen molar-refractivity contribution in [2.24, 2.45) is 39.6 Å². The molecule has 0 aliphatic heterocycles. The van der Waals surface area contributed by atoms with Gasteiger partial charge >= 0.3 is 17.9 Å². The first kappa shape index (κ1) is 35.1. The summed E-state index contributed by atoms with van der Waals surface area (Å²) in [6, 6.07) is -2.22. The molecule has 0 aliphatic carbocycles. The van der Waals surface area contributed by atoms with Crippen LogP contribution in [0.2, 0.25) is 0 Å². The van der Waals surface area contributed by atoms with Gasteiger partial charge in [-0.05, 0) is 38.0 Å². The van der Waals surface area contributed by atoms with E-state index in [1.54, 1.807) is 0 Å². The van der Waals surface area contributed by atoms with E-state index in [2.05, 4.69) is 4.99 Å². The van der Waals surface area contributed by atoms with Gasteiger partial charge in [-0.2, -0.15) is 0 Å². The highest BCUT2D eigenvalue weighted by Gasteiger charge is 2.17. The molecule has 1 unspecified atom stereocenters. The molecule has 0 saturated carbocycles. The molecule has 33 heavy (non-hydrogen) atoms. The quantitative estimate of drug-likeness (QED) is 0.0794. The molecule has 196 valence electrons. The normalized spacial score (nSPS) is 13.6. The number of rotatable bonds is 15. The maximum Gasteiger partial charge on any atom is 0.320 e. The molecular weight excluding hydrogens is 436 g/mol. The summed E-state index contributed by atoms with van der Waals surface area (Å²) >= 11 is 0. The number of nitrogens with two attached hydrogens (primary N) is 5. The summed E-state index contributed by atoms with van der Waals surface area (Å²) in [5.74, 6) is -2.70. The van der Waals surface area contributed by atoms with Gasteiger partial charge in [0.05, 0.1) is 0 Å². The van der Waals surface area contributed by atoms with E-state index in [0.717, 1.165) is 32.1 Å². The molecule has 0 aromatic carbocycles. The Hall–Kier alpha value is -2.48. The maximum atomic E-state index is 10.3. The van der Waals surface area contributed by atoms with Gasteiger partial charge in [0.25, 0.3) is 0 Å². The number of hydrogen-bond donors (Lipinski definition) is 9. The Labute approximate surface area is 195 Å². The van der Waals surface area contributed by atoms with Gasteiger partial charge in [0.15, 0.2) is 5.96 Å². The van der Waals surface area contributed by atoms with Gasteiger partial charge in [-0.3, -0.25) is 19.4 Å². The van der Waals surface area contributed by atoms with Gasteiger partial charge in [-0.1, -0.05) is 33.1 Å². The van der Waals surface area contributed by atoms with E-state index >= 15 is 0 Å². The summed E-state index contributed by atoms with van der Waals surface area (Å²) < 4.78 is 0. The molecule has 0 bridgehead atoms. The lowest BCUT2D eigenvalue weighted by molar-refractivity contribution is -0.140. The molecule has 0 fully saturated rings. The van der Waals surface area contributed by atoms with Crippen molar-refractivity contribution in [3.63, 3.8) is 0 Å². The Morgan fingerprint density at radius 2 is 1.24 bits per heavy atom. The summed E-state index contributed by atoms with van der Waals surface area (Å²) in [7, 11) is 0. The number of carboxylic acids is 3. The highest BCUT2D eigenvalue weighted by atomic mass is 16.4. The van der Waals surface area contributed by atoms with Crippen LogP contribution in [-0.4, -0.2) is 75.6 Å². The van der Waals surface area contributed by atoms with Gasteiger partial charge in [0, 0.05) is 13.2 Å². The number of guanidine groups is 1. The van der Waals surface area contributed by atoms with Crippen molar-refractivity contribution in [1.82, 2.24) is 0 Å². The lowest BCUT2D eigenvalue weighted by Gasteiger charge is -2.11. The molecule has 0 heterocycles. The highest BCUT2D eigenvalue weighted by molar-refractivity contribution is 5.75. The topological polar surface area (TPSA) is 275 Å². The van der Waals surface area contributed by atoms with Crippen LogP contribution in [0, 0.1) is 5.92 Å². The predicted octanol–water partition coefficient (Wildman–Crippen LogP) is -0.763. The van der Waals surface area contributed by atoms with E-state index in [0.29, 0.717) is 25.8 Å². The highest BCUT2D eigenvalue weighted by Crippen LogP contribution is 2.04. The van der Waals surface area contributed by atoms with E-state index in [-0.39, 0.29) is 18.5 Å². The SMILES string of the molecule is CC[C@H](C)[C@H](N)C(=O)O.NC(CCCCCO)C(=O)O.NC(N)=NCCCC[C@H](N)C(=O)O. The molecule has 0 radical (unpaired) electrons. The molecule has 0 amide bonds. The molecule has 0 aromatic rings. The molecule has 0 aromatic heterocycles. The largest absolute Gasteiger partial charge is 0.480 e. The van der Waals surface area contributed by atoms with Crippen molar-refractivity contribution >= 4 is 23.9 Å². The number of aliphatic hydroxyl groups is 1. The van der Waals surface area contributed by atoms with Crippen LogP contribution in [0.4, 0.5) is 0 Å². The standard InChI is InChI=1S/C7H16N4O2.C7H15NO3.C6H13NO2/c8-5(6(12)13)3-1-2-4-11-7(9)10;8-6(7(10)11)4-2-1-3-5-9;1-3-4(2)5(7)6(8)9/h5H,1-4,8H2,(H,12,13)(H4,9,10,11);6,9H,1-5,8H2,(H,10,11);4-5H,3,7H2,1-2H3,(H,8,9)/t5-;;4-,5-/m0.0/s1. The summed E-state index contributed by atoms with van der Waals surface area (Å²) in [6.07, 6.45) is 5.57. The van der Waals surface area contributed by atoms with E-state index in [1.807, 2.05) is 13.8 Å². The lowest BCUT2D eigenvalue weighted by Crippen LogP contribution is -2.36. The van der Waals surface area contributed by atoms with Gasteiger partial charge in [0.2, 0.25) is 0 Å². The number of carboxylic acid groups (broad SMARTS) is 3. The molecule has 13 heteroatoms. The Bertz CT molecular complexity index is 559. The van der Waals surface area contributed by atoms with Crippen molar-refractivity contribution < 1.29 is 34.8 Å². The second-order valence-corrected chi connectivity index (χ2v) is 7.51. The van der Waals surface area contributed by atoms with E-state index < -0.39 is 36.0 Å². The molecular formula is C20H44N6O7. The zero-order chi connectivity index (χ0) is 26.4. The third kappa shape index (κ3) is 25.7. The molecule has 0 saturated heterocycles. The Balaban J connectivity index is -0.000000416. The zero-order valence-corrected chi connectivity index (χ0v) is 19.7. The Morgan fingerprint density at radius 3 is 1.55 bits per heavy atom. The minimum Gasteiger partial charge on any atom is -0.480 e. The predicted molar refractivity (Wildman–Crippen MR) is 126 cm³/mol. The van der Waals surface area contributed by atoms with Gasteiger partial charge in [0.1, 0.15) is 18.1 Å². The minimum atomic E-state index is -0.971. The van der Waals surface area contributed by atoms with E-state index in [4.69, 9.17) is 49.1 Å². The Morgan fingerprint density at radius 1 is 0.788 bits per heavy atom. The second-order valence-electron chi connectivity index (χ2n) is 7.51. The smallest absolute Gasteiger partial charge is 0.320 e. The number of carbonyl (C=O) groups is 3. The summed E-state index contributed by atoms with van der Waals surface area (Å²) in [5, 5.41) is 33.5. The van der Waals surface area contributed by atoms with Crippen molar-refractivity contribution in [2.75, 3.05) is 13.2 Å². The van der Waals surface area contributed by atoms with Crippen LogP contribution >= 0.6 is 0 Å². The maximum absolute atomic E-state index is 10.3. The number of aliphatic hydroxyl groups excluding tert-OH is 1. The fourth-order valence-electron chi connectivity index (χ4n) is 2.08. The Kier molecular flexibility index (Phi) is 24.2. The summed E-state index contributed by atoms with van der Waals surface area (Å²) in [4.78, 5) is 34.4. The van der Waals surface area contributed by atoms with Crippen molar-refractivity contribution in [3.8, 4) is 0 Å². The lowest BCUT2D eigenvalue weighted by atomic mass is 10.0. The number of unbranched alkanes of at least 4 members (excludes halogenated alkanes) is 3. The fourth-order valence-corrected chi connectivity index (χ4v) is 2.08. The van der Waals surface area contributed by atoms with Crippen molar-refractivity contribution in [2.45, 2.75) is 83.3 Å².